The van der Waals surface area contributed by atoms with Crippen LogP contribution in [-0.4, -0.2) is 45.9 Å². The molecule has 114 valence electrons. The quantitative estimate of drug-likeness (QED) is 0.814. The van der Waals surface area contributed by atoms with E-state index in [4.69, 9.17) is 5.11 Å². The van der Waals surface area contributed by atoms with Crippen LogP contribution in [0, 0.1) is 6.92 Å². The number of hydrogen-bond acceptors (Lipinski definition) is 4. The van der Waals surface area contributed by atoms with Crippen molar-refractivity contribution < 1.29 is 18.3 Å². The van der Waals surface area contributed by atoms with Crippen molar-refractivity contribution in [2.75, 3.05) is 6.54 Å². The van der Waals surface area contributed by atoms with Crippen LogP contribution in [0.3, 0.4) is 0 Å². The van der Waals surface area contributed by atoms with Gasteiger partial charge in [0.05, 0.1) is 6.42 Å². The Kier molecular flexibility index (Phi) is 5.29. The van der Waals surface area contributed by atoms with Crippen LogP contribution in [0.25, 0.3) is 0 Å². The lowest BCUT2D eigenvalue weighted by molar-refractivity contribution is -0.137. The van der Waals surface area contributed by atoms with Gasteiger partial charge in [0.1, 0.15) is 5.82 Å². The molecule has 7 nitrogen and oxygen atoms in total. The zero-order chi connectivity index (χ0) is 15.5. The van der Waals surface area contributed by atoms with Crippen molar-refractivity contribution in [2.24, 2.45) is 0 Å². The number of aromatic nitrogens is 2. The summed E-state index contributed by atoms with van der Waals surface area (Å²) in [5, 5.41) is 8.69. The number of rotatable bonds is 7. The summed E-state index contributed by atoms with van der Waals surface area (Å²) in [6.45, 7) is 7.62. The van der Waals surface area contributed by atoms with Gasteiger partial charge in [-0.05, 0) is 27.7 Å². The molecule has 0 aliphatic carbocycles. The number of carboxylic acid groups (broad SMARTS) is 1. The van der Waals surface area contributed by atoms with Crippen molar-refractivity contribution in [3.63, 3.8) is 0 Å². The first kappa shape index (κ1) is 16.6. The van der Waals surface area contributed by atoms with Gasteiger partial charge in [0.2, 0.25) is 0 Å². The van der Waals surface area contributed by atoms with Crippen LogP contribution < -0.4 is 0 Å². The van der Waals surface area contributed by atoms with Crippen molar-refractivity contribution in [3.05, 3.63) is 12.0 Å². The minimum absolute atomic E-state index is 0.0315. The maximum absolute atomic E-state index is 12.5. The summed E-state index contributed by atoms with van der Waals surface area (Å²) >= 11 is 0. The predicted octanol–water partition coefficient (Wildman–Crippen LogP) is 1.09. The molecule has 0 radical (unpaired) electrons. The van der Waals surface area contributed by atoms with Crippen molar-refractivity contribution in [1.29, 1.82) is 0 Å². The molecule has 0 spiro atoms. The van der Waals surface area contributed by atoms with Crippen LogP contribution in [-0.2, 0) is 21.4 Å². The molecule has 0 aromatic carbocycles. The third-order valence-corrected chi connectivity index (χ3v) is 4.94. The number of sulfonamides is 1. The molecule has 1 aromatic rings. The van der Waals surface area contributed by atoms with Crippen molar-refractivity contribution in [2.45, 2.75) is 51.7 Å². The van der Waals surface area contributed by atoms with Gasteiger partial charge in [-0.15, -0.1) is 0 Å². The van der Waals surface area contributed by atoms with Crippen LogP contribution in [0.2, 0.25) is 0 Å². The number of carboxylic acids is 1. The van der Waals surface area contributed by atoms with E-state index in [1.165, 1.54) is 10.5 Å². The number of imidazole rings is 1. The molecule has 1 heterocycles. The number of nitrogens with zero attached hydrogens (tertiary/aromatic N) is 3. The second kappa shape index (κ2) is 6.36. The standard InChI is InChI=1S/C12H21N3O4S/c1-5-14-8-11(13-10(14)4)20(18,19)15(9(2)3)7-6-12(16)17/h8-9H,5-7H2,1-4H3,(H,16,17). The third kappa shape index (κ3) is 3.57. The minimum Gasteiger partial charge on any atom is -0.481 e. The summed E-state index contributed by atoms with van der Waals surface area (Å²) in [6.07, 6.45) is 1.26. The lowest BCUT2D eigenvalue weighted by atomic mass is 10.3. The van der Waals surface area contributed by atoms with Gasteiger partial charge < -0.3 is 9.67 Å². The van der Waals surface area contributed by atoms with Gasteiger partial charge >= 0.3 is 5.97 Å². The van der Waals surface area contributed by atoms with Gasteiger partial charge in [0, 0.05) is 25.3 Å². The zero-order valence-electron chi connectivity index (χ0n) is 12.2. The first-order chi connectivity index (χ1) is 9.20. The van der Waals surface area contributed by atoms with E-state index in [0.29, 0.717) is 12.4 Å². The van der Waals surface area contributed by atoms with Gasteiger partial charge in [-0.1, -0.05) is 0 Å². The maximum atomic E-state index is 12.5. The van der Waals surface area contributed by atoms with E-state index >= 15 is 0 Å². The fraction of sp³-hybridized carbons (Fsp3) is 0.667. The van der Waals surface area contributed by atoms with E-state index in [1.54, 1.807) is 25.3 Å². The molecule has 1 N–H and O–H groups in total. The Balaban J connectivity index is 3.12. The van der Waals surface area contributed by atoms with E-state index in [1.807, 2.05) is 6.92 Å². The van der Waals surface area contributed by atoms with Gasteiger partial charge in [-0.3, -0.25) is 4.79 Å². The molecule has 0 amide bonds. The van der Waals surface area contributed by atoms with Crippen LogP contribution in [0.5, 0.6) is 0 Å². The van der Waals surface area contributed by atoms with E-state index in [2.05, 4.69) is 4.98 Å². The summed E-state index contributed by atoms with van der Waals surface area (Å²) in [5.74, 6) is -0.408. The Morgan fingerprint density at radius 2 is 2.10 bits per heavy atom. The van der Waals surface area contributed by atoms with E-state index in [-0.39, 0.29) is 24.0 Å². The number of carbonyl (C=O) groups is 1. The highest BCUT2D eigenvalue weighted by Crippen LogP contribution is 2.18. The number of aryl methyl sites for hydroxylation is 2. The highest BCUT2D eigenvalue weighted by Gasteiger charge is 2.29. The molecular formula is C12H21N3O4S. The second-order valence-electron chi connectivity index (χ2n) is 4.77. The first-order valence-electron chi connectivity index (χ1n) is 6.47. The molecule has 0 atom stereocenters. The molecule has 8 heteroatoms. The minimum atomic E-state index is -3.77. The van der Waals surface area contributed by atoms with Crippen molar-refractivity contribution in [3.8, 4) is 0 Å². The van der Waals surface area contributed by atoms with Gasteiger partial charge in [-0.2, -0.15) is 4.31 Å². The molecule has 0 saturated carbocycles. The Morgan fingerprint density at radius 1 is 1.50 bits per heavy atom. The Bertz CT molecular complexity index is 578. The SMILES string of the molecule is CCn1cc(S(=O)(=O)N(CCC(=O)O)C(C)C)nc1C. The second-order valence-corrected chi connectivity index (χ2v) is 6.60. The van der Waals surface area contributed by atoms with Gasteiger partial charge in [-0.25, -0.2) is 13.4 Å². The summed E-state index contributed by atoms with van der Waals surface area (Å²) < 4.78 is 28.0. The maximum Gasteiger partial charge on any atom is 0.304 e. The average molecular weight is 303 g/mol. The summed E-state index contributed by atoms with van der Waals surface area (Å²) in [4.78, 5) is 14.7. The Hall–Kier alpha value is -1.41. The van der Waals surface area contributed by atoms with Crippen LogP contribution in [0.1, 0.15) is 33.0 Å². The monoisotopic (exact) mass is 303 g/mol. The van der Waals surface area contributed by atoms with Gasteiger partial charge in [0.25, 0.3) is 10.0 Å². The molecule has 0 aliphatic rings. The highest BCUT2D eigenvalue weighted by molar-refractivity contribution is 7.89. The lowest BCUT2D eigenvalue weighted by Gasteiger charge is -2.24. The largest absolute Gasteiger partial charge is 0.481 e. The van der Waals surface area contributed by atoms with Crippen LogP contribution in [0.4, 0.5) is 0 Å². The Labute approximate surface area is 119 Å². The topological polar surface area (TPSA) is 92.5 Å². The molecule has 0 aliphatic heterocycles. The summed E-state index contributed by atoms with van der Waals surface area (Å²) in [5.41, 5.74) is 0. The molecule has 0 bridgehead atoms. The molecule has 0 saturated heterocycles. The van der Waals surface area contributed by atoms with Crippen LogP contribution >= 0.6 is 0 Å². The zero-order valence-corrected chi connectivity index (χ0v) is 13.0. The highest BCUT2D eigenvalue weighted by atomic mass is 32.2. The van der Waals surface area contributed by atoms with E-state index in [0.717, 1.165) is 0 Å². The van der Waals surface area contributed by atoms with E-state index in [9.17, 15) is 13.2 Å². The third-order valence-electron chi connectivity index (χ3n) is 2.99. The average Bonchev–Trinajstić information content (AvgIpc) is 2.70. The predicted molar refractivity (Wildman–Crippen MR) is 73.9 cm³/mol. The molecular weight excluding hydrogens is 282 g/mol. The Morgan fingerprint density at radius 3 is 2.50 bits per heavy atom. The lowest BCUT2D eigenvalue weighted by Crippen LogP contribution is -2.38. The molecule has 0 fully saturated rings. The number of hydrogen-bond donors (Lipinski definition) is 1. The normalized spacial score (nSPS) is 12.3. The first-order valence-corrected chi connectivity index (χ1v) is 7.91. The molecule has 1 aromatic heterocycles. The molecule has 0 unspecified atom stereocenters. The molecule has 20 heavy (non-hydrogen) atoms. The molecule has 1 rings (SSSR count). The fourth-order valence-corrected chi connectivity index (χ4v) is 3.54. The van der Waals surface area contributed by atoms with Crippen LogP contribution in [0.15, 0.2) is 11.2 Å². The van der Waals surface area contributed by atoms with Crippen molar-refractivity contribution in [1.82, 2.24) is 13.9 Å². The smallest absolute Gasteiger partial charge is 0.304 e. The summed E-state index contributed by atoms with van der Waals surface area (Å²) in [7, 11) is -3.77. The van der Waals surface area contributed by atoms with E-state index < -0.39 is 16.0 Å². The number of aliphatic carboxylic acids is 1. The summed E-state index contributed by atoms with van der Waals surface area (Å²) in [6, 6.07) is -0.327. The van der Waals surface area contributed by atoms with Crippen molar-refractivity contribution >= 4 is 16.0 Å². The van der Waals surface area contributed by atoms with Gasteiger partial charge in [0.15, 0.2) is 5.03 Å². The fourth-order valence-electron chi connectivity index (χ4n) is 1.91.